The van der Waals surface area contributed by atoms with Crippen molar-refractivity contribution in [1.29, 1.82) is 0 Å². The molecule has 0 amide bonds. The average molecular weight is 238 g/mol. The van der Waals surface area contributed by atoms with Crippen LogP contribution in [0.5, 0.6) is 5.88 Å². The molecule has 84 valence electrons. The van der Waals surface area contributed by atoms with Gasteiger partial charge in [-0.25, -0.2) is 0 Å². The summed E-state index contributed by atoms with van der Waals surface area (Å²) >= 11 is 1.26. The Morgan fingerprint density at radius 1 is 1.62 bits per heavy atom. The summed E-state index contributed by atoms with van der Waals surface area (Å²) in [5.41, 5.74) is 0. The van der Waals surface area contributed by atoms with E-state index in [1.165, 1.54) is 24.6 Å². The van der Waals surface area contributed by atoms with Gasteiger partial charge in [-0.15, -0.1) is 11.3 Å². The van der Waals surface area contributed by atoms with Crippen molar-refractivity contribution in [1.82, 2.24) is 10.1 Å². The monoisotopic (exact) mass is 238 g/mol. The molecular formula is C10H10N2O3S. The number of methoxy groups -OCH3 is 1. The van der Waals surface area contributed by atoms with Gasteiger partial charge in [0.15, 0.2) is 16.6 Å². The van der Waals surface area contributed by atoms with E-state index in [0.717, 1.165) is 0 Å². The minimum Gasteiger partial charge on any atom is -0.480 e. The number of hydrogen-bond acceptors (Lipinski definition) is 6. The van der Waals surface area contributed by atoms with Crippen LogP contribution in [0.1, 0.15) is 23.0 Å². The molecule has 0 aliphatic rings. The molecular weight excluding hydrogens is 228 g/mol. The molecule has 0 radical (unpaired) electrons. The van der Waals surface area contributed by atoms with Crippen LogP contribution in [0.4, 0.5) is 0 Å². The Kier molecular flexibility index (Phi) is 3.00. The van der Waals surface area contributed by atoms with Crippen LogP contribution < -0.4 is 4.74 Å². The van der Waals surface area contributed by atoms with Gasteiger partial charge in [-0.2, -0.15) is 4.98 Å². The number of thiazole rings is 1. The Morgan fingerprint density at radius 3 is 3.00 bits per heavy atom. The summed E-state index contributed by atoms with van der Waals surface area (Å²) in [4.78, 5) is 16.3. The smallest absolute Gasteiger partial charge is 0.236 e. The molecule has 0 atom stereocenters. The van der Waals surface area contributed by atoms with E-state index in [1.807, 2.05) is 0 Å². The first-order valence-corrected chi connectivity index (χ1v) is 5.57. The topological polar surface area (TPSA) is 65.2 Å². The summed E-state index contributed by atoms with van der Waals surface area (Å²) in [6.45, 7) is 1.80. The number of rotatable bonds is 4. The molecule has 2 aromatic heterocycles. The number of Topliss-reactive ketones (excluding diaryl/α,β-unsaturated/α-hetero) is 1. The fourth-order valence-corrected chi connectivity index (χ4v) is 2.21. The van der Waals surface area contributed by atoms with Gasteiger partial charge < -0.3 is 9.26 Å². The Morgan fingerprint density at radius 2 is 2.44 bits per heavy atom. The Balaban J connectivity index is 2.44. The molecule has 0 fully saturated rings. The van der Waals surface area contributed by atoms with Gasteiger partial charge in [0.25, 0.3) is 0 Å². The first kappa shape index (κ1) is 10.8. The maximum absolute atomic E-state index is 11.6. The molecule has 2 aromatic rings. The van der Waals surface area contributed by atoms with Crippen LogP contribution in [0, 0.1) is 0 Å². The van der Waals surface area contributed by atoms with Crippen LogP contribution in [0.25, 0.3) is 10.8 Å². The van der Waals surface area contributed by atoms with Crippen LogP contribution >= 0.6 is 11.3 Å². The number of carbonyl (C=O) groups excluding carboxylic acids is 1. The van der Waals surface area contributed by atoms with E-state index < -0.39 is 0 Å². The predicted molar refractivity (Wildman–Crippen MR) is 58.8 cm³/mol. The van der Waals surface area contributed by atoms with Gasteiger partial charge in [0.1, 0.15) is 4.88 Å². The summed E-state index contributed by atoms with van der Waals surface area (Å²) in [6, 6.07) is 1.69. The molecule has 0 aliphatic heterocycles. The van der Waals surface area contributed by atoms with Gasteiger partial charge in [0, 0.05) is 12.5 Å². The van der Waals surface area contributed by atoms with Crippen molar-refractivity contribution in [2.24, 2.45) is 0 Å². The largest absolute Gasteiger partial charge is 0.480 e. The lowest BCUT2D eigenvalue weighted by Crippen LogP contribution is -1.96. The molecule has 5 nitrogen and oxygen atoms in total. The number of ketones is 1. The van der Waals surface area contributed by atoms with Crippen molar-refractivity contribution in [3.63, 3.8) is 0 Å². The Hall–Kier alpha value is -1.69. The number of aromatic nitrogens is 2. The van der Waals surface area contributed by atoms with E-state index in [2.05, 4.69) is 10.1 Å². The van der Waals surface area contributed by atoms with Crippen molar-refractivity contribution in [2.75, 3.05) is 7.11 Å². The summed E-state index contributed by atoms with van der Waals surface area (Å²) in [5, 5.41) is 4.20. The van der Waals surface area contributed by atoms with E-state index in [0.29, 0.717) is 27.9 Å². The van der Waals surface area contributed by atoms with Gasteiger partial charge in [-0.05, 0) is 0 Å². The average Bonchev–Trinajstić information content (AvgIpc) is 2.95. The number of nitrogens with zero attached hydrogens (tertiary/aromatic N) is 2. The molecule has 0 bridgehead atoms. The Bertz CT molecular complexity index is 490. The third kappa shape index (κ3) is 1.83. The number of carbonyl (C=O) groups is 1. The van der Waals surface area contributed by atoms with E-state index in [9.17, 15) is 4.79 Å². The van der Waals surface area contributed by atoms with E-state index in [1.54, 1.807) is 13.0 Å². The molecule has 0 aromatic carbocycles. The lowest BCUT2D eigenvalue weighted by Gasteiger charge is -1.95. The molecule has 0 spiro atoms. The van der Waals surface area contributed by atoms with E-state index in [4.69, 9.17) is 9.26 Å². The quantitative estimate of drug-likeness (QED) is 0.765. The second-order valence-electron chi connectivity index (χ2n) is 3.01. The summed E-state index contributed by atoms with van der Waals surface area (Å²) in [5.74, 6) is 0.904. The highest BCUT2D eigenvalue weighted by Gasteiger charge is 2.19. The van der Waals surface area contributed by atoms with Gasteiger partial charge >= 0.3 is 0 Å². The van der Waals surface area contributed by atoms with Crippen LogP contribution in [-0.4, -0.2) is 23.0 Å². The first-order valence-electron chi connectivity index (χ1n) is 4.75. The van der Waals surface area contributed by atoms with Crippen molar-refractivity contribution in [3.05, 3.63) is 17.1 Å². The summed E-state index contributed by atoms with van der Waals surface area (Å²) in [6.07, 6.45) is 1.96. The van der Waals surface area contributed by atoms with Gasteiger partial charge in [0.2, 0.25) is 5.88 Å². The molecule has 2 rings (SSSR count). The summed E-state index contributed by atoms with van der Waals surface area (Å²) in [7, 11) is 1.49. The van der Waals surface area contributed by atoms with Crippen molar-refractivity contribution >= 4 is 17.1 Å². The number of hydrogen-bond donors (Lipinski definition) is 0. The van der Waals surface area contributed by atoms with Crippen LogP contribution in [0.2, 0.25) is 0 Å². The molecule has 0 N–H and O–H groups in total. The zero-order valence-electron chi connectivity index (χ0n) is 8.89. The standard InChI is InChI=1S/C10H10N2O3S/c1-3-6(13)8-9(14-2)12-10(16-8)7-4-5-11-15-7/h4-5H,3H2,1-2H3. The zero-order chi connectivity index (χ0) is 11.5. The van der Waals surface area contributed by atoms with Crippen molar-refractivity contribution in [3.8, 4) is 16.6 Å². The minimum absolute atomic E-state index is 0.0140. The fourth-order valence-electron chi connectivity index (χ4n) is 1.21. The predicted octanol–water partition coefficient (Wildman–Crippen LogP) is 2.40. The maximum Gasteiger partial charge on any atom is 0.236 e. The normalized spacial score (nSPS) is 10.4. The fraction of sp³-hybridized carbons (Fsp3) is 0.300. The second-order valence-corrected chi connectivity index (χ2v) is 4.01. The lowest BCUT2D eigenvalue weighted by atomic mass is 10.3. The molecule has 6 heteroatoms. The molecule has 0 saturated heterocycles. The highest BCUT2D eigenvalue weighted by atomic mass is 32.1. The Labute approximate surface area is 96.0 Å². The van der Waals surface area contributed by atoms with Crippen LogP contribution in [-0.2, 0) is 0 Å². The molecule has 16 heavy (non-hydrogen) atoms. The first-order chi connectivity index (χ1) is 7.76. The van der Waals surface area contributed by atoms with E-state index in [-0.39, 0.29) is 5.78 Å². The third-order valence-electron chi connectivity index (χ3n) is 2.01. The number of ether oxygens (including phenoxy) is 1. The van der Waals surface area contributed by atoms with Gasteiger partial charge in [-0.1, -0.05) is 12.1 Å². The van der Waals surface area contributed by atoms with Gasteiger partial charge in [-0.3, -0.25) is 4.79 Å². The molecule has 2 heterocycles. The minimum atomic E-state index is 0.0140. The highest BCUT2D eigenvalue weighted by Crippen LogP contribution is 2.32. The molecule has 0 unspecified atom stereocenters. The second kappa shape index (κ2) is 4.44. The molecule has 0 saturated carbocycles. The van der Waals surface area contributed by atoms with Crippen LogP contribution in [0.15, 0.2) is 16.8 Å². The highest BCUT2D eigenvalue weighted by molar-refractivity contribution is 7.17. The van der Waals surface area contributed by atoms with Crippen molar-refractivity contribution in [2.45, 2.75) is 13.3 Å². The zero-order valence-corrected chi connectivity index (χ0v) is 9.71. The third-order valence-corrected chi connectivity index (χ3v) is 3.10. The van der Waals surface area contributed by atoms with Gasteiger partial charge in [0.05, 0.1) is 13.3 Å². The molecule has 0 aliphatic carbocycles. The van der Waals surface area contributed by atoms with E-state index >= 15 is 0 Å². The maximum atomic E-state index is 11.6. The van der Waals surface area contributed by atoms with Crippen LogP contribution in [0.3, 0.4) is 0 Å². The lowest BCUT2D eigenvalue weighted by molar-refractivity contribution is 0.0989. The summed E-state index contributed by atoms with van der Waals surface area (Å²) < 4.78 is 10.0. The van der Waals surface area contributed by atoms with Crippen molar-refractivity contribution < 1.29 is 14.1 Å². The SMILES string of the molecule is CCC(=O)c1sc(-c2ccno2)nc1OC.